The fourth-order valence-corrected chi connectivity index (χ4v) is 2.43. The van der Waals surface area contributed by atoms with Crippen molar-refractivity contribution in [1.82, 2.24) is 9.47 Å². The average Bonchev–Trinajstić information content (AvgIpc) is 2.79. The van der Waals surface area contributed by atoms with Crippen LogP contribution >= 0.6 is 0 Å². The Kier molecular flexibility index (Phi) is 4.04. The van der Waals surface area contributed by atoms with E-state index in [4.69, 9.17) is 5.73 Å². The van der Waals surface area contributed by atoms with Gasteiger partial charge in [-0.05, 0) is 31.9 Å². The number of aliphatic hydroxyl groups is 1. The molecule has 0 aliphatic carbocycles. The van der Waals surface area contributed by atoms with Crippen LogP contribution in [0.25, 0.3) is 0 Å². The number of aromatic nitrogens is 1. The zero-order chi connectivity index (χ0) is 13.1. The molecule has 3 N–H and O–H groups in total. The van der Waals surface area contributed by atoms with Crippen molar-refractivity contribution in [3.05, 3.63) is 28.7 Å². The molecule has 1 saturated heterocycles. The van der Waals surface area contributed by atoms with E-state index < -0.39 is 0 Å². The topological polar surface area (TPSA) is 71.5 Å². The van der Waals surface area contributed by atoms with E-state index in [1.54, 1.807) is 16.8 Å². The van der Waals surface area contributed by atoms with Gasteiger partial charge in [-0.25, -0.2) is 0 Å². The smallest absolute Gasteiger partial charge is 0.250 e. The lowest BCUT2D eigenvalue weighted by Crippen LogP contribution is -2.30. The summed E-state index contributed by atoms with van der Waals surface area (Å²) in [5.74, 6) is 0.363. The first kappa shape index (κ1) is 13.1. The number of nitrogens with zero attached hydrogens (tertiary/aromatic N) is 2. The van der Waals surface area contributed by atoms with Gasteiger partial charge >= 0.3 is 0 Å². The largest absolute Gasteiger partial charge is 0.398 e. The number of nitrogens with two attached hydrogens (primary N) is 1. The number of likely N-dealkylation sites (tertiary alicyclic amines) is 1. The highest BCUT2D eigenvalue weighted by atomic mass is 16.3. The second-order valence-electron chi connectivity index (χ2n) is 5.08. The van der Waals surface area contributed by atoms with Gasteiger partial charge in [0.15, 0.2) is 0 Å². The van der Waals surface area contributed by atoms with Crippen LogP contribution in [-0.2, 0) is 6.54 Å². The van der Waals surface area contributed by atoms with Gasteiger partial charge in [-0.1, -0.05) is 0 Å². The number of aliphatic hydroxyl groups excluding tert-OH is 1. The lowest BCUT2D eigenvalue weighted by atomic mass is 10.0. The Hall–Kier alpha value is -1.33. The lowest BCUT2D eigenvalue weighted by Gasteiger charge is -2.17. The minimum Gasteiger partial charge on any atom is -0.398 e. The van der Waals surface area contributed by atoms with Crippen molar-refractivity contribution >= 4 is 5.69 Å². The van der Waals surface area contributed by atoms with Crippen LogP contribution < -0.4 is 11.3 Å². The number of anilines is 1. The Bertz CT molecular complexity index is 456. The summed E-state index contributed by atoms with van der Waals surface area (Å²) in [7, 11) is 0. The van der Waals surface area contributed by atoms with Crippen molar-refractivity contribution < 1.29 is 5.11 Å². The van der Waals surface area contributed by atoms with Crippen LogP contribution in [0, 0.1) is 5.92 Å². The summed E-state index contributed by atoms with van der Waals surface area (Å²) in [6.45, 7) is 5.22. The van der Waals surface area contributed by atoms with Gasteiger partial charge < -0.3 is 20.3 Å². The van der Waals surface area contributed by atoms with Crippen LogP contribution in [0.5, 0.6) is 0 Å². The SMILES string of the molecule is CC(O)C1CCN(CCn2cc(N)ccc2=O)C1. The Balaban J connectivity index is 1.89. The molecule has 18 heavy (non-hydrogen) atoms. The second-order valence-corrected chi connectivity index (χ2v) is 5.08. The Morgan fingerprint density at radius 2 is 2.28 bits per heavy atom. The number of nitrogen functional groups attached to an aromatic ring is 1. The molecule has 2 heterocycles. The van der Waals surface area contributed by atoms with E-state index in [1.807, 2.05) is 6.92 Å². The quantitative estimate of drug-likeness (QED) is 0.798. The molecule has 5 heteroatoms. The standard InChI is InChI=1S/C13H21N3O2/c1-10(17)11-4-5-15(8-11)6-7-16-9-12(14)2-3-13(16)18/h2-3,9-11,17H,4-8,14H2,1H3. The van der Waals surface area contributed by atoms with Gasteiger partial charge in [-0.3, -0.25) is 4.79 Å². The van der Waals surface area contributed by atoms with Crippen molar-refractivity contribution in [3.63, 3.8) is 0 Å². The fraction of sp³-hybridized carbons (Fsp3) is 0.615. The molecular formula is C13H21N3O2. The molecule has 1 aliphatic rings. The first-order valence-corrected chi connectivity index (χ1v) is 6.42. The highest BCUT2D eigenvalue weighted by molar-refractivity contribution is 5.33. The molecule has 2 rings (SSSR count). The molecule has 1 fully saturated rings. The predicted octanol–water partition coefficient (Wildman–Crippen LogP) is 0.133. The Morgan fingerprint density at radius 1 is 1.50 bits per heavy atom. The molecule has 0 saturated carbocycles. The summed E-state index contributed by atoms with van der Waals surface area (Å²) in [5.41, 5.74) is 6.26. The maximum atomic E-state index is 11.6. The van der Waals surface area contributed by atoms with E-state index in [0.717, 1.165) is 26.1 Å². The van der Waals surface area contributed by atoms with Gasteiger partial charge in [0.1, 0.15) is 0 Å². The molecule has 2 atom stereocenters. The highest BCUT2D eigenvalue weighted by Crippen LogP contribution is 2.19. The molecule has 5 nitrogen and oxygen atoms in total. The highest BCUT2D eigenvalue weighted by Gasteiger charge is 2.25. The van der Waals surface area contributed by atoms with Gasteiger partial charge in [0, 0.05) is 37.6 Å². The molecule has 1 aromatic heterocycles. The summed E-state index contributed by atoms with van der Waals surface area (Å²) in [6.07, 6.45) is 2.47. The zero-order valence-corrected chi connectivity index (χ0v) is 10.7. The third-order valence-electron chi connectivity index (χ3n) is 3.65. The van der Waals surface area contributed by atoms with Crippen LogP contribution in [0.4, 0.5) is 5.69 Å². The Morgan fingerprint density at radius 3 is 2.94 bits per heavy atom. The summed E-state index contributed by atoms with van der Waals surface area (Å²) < 4.78 is 1.64. The first-order chi connectivity index (χ1) is 8.56. The maximum Gasteiger partial charge on any atom is 0.250 e. The molecule has 1 aliphatic heterocycles. The third-order valence-corrected chi connectivity index (χ3v) is 3.65. The number of hydrogen-bond donors (Lipinski definition) is 2. The molecule has 0 spiro atoms. The summed E-state index contributed by atoms with van der Waals surface area (Å²) in [6, 6.07) is 3.12. The van der Waals surface area contributed by atoms with Crippen LogP contribution in [0.15, 0.2) is 23.1 Å². The molecule has 0 amide bonds. The normalized spacial score (nSPS) is 22.2. The summed E-state index contributed by atoms with van der Waals surface area (Å²) in [5, 5.41) is 9.54. The van der Waals surface area contributed by atoms with Crippen LogP contribution in [0.1, 0.15) is 13.3 Å². The van der Waals surface area contributed by atoms with Crippen molar-refractivity contribution in [3.8, 4) is 0 Å². The van der Waals surface area contributed by atoms with E-state index in [9.17, 15) is 9.90 Å². The van der Waals surface area contributed by atoms with Crippen molar-refractivity contribution in [1.29, 1.82) is 0 Å². The van der Waals surface area contributed by atoms with Crippen molar-refractivity contribution in [2.24, 2.45) is 5.92 Å². The zero-order valence-electron chi connectivity index (χ0n) is 10.7. The molecule has 1 aromatic rings. The Labute approximate surface area is 107 Å². The van der Waals surface area contributed by atoms with Crippen LogP contribution in [0.3, 0.4) is 0 Å². The van der Waals surface area contributed by atoms with Gasteiger partial charge in [0.25, 0.3) is 5.56 Å². The number of rotatable bonds is 4. The molecule has 0 radical (unpaired) electrons. The van der Waals surface area contributed by atoms with E-state index in [1.165, 1.54) is 6.07 Å². The minimum absolute atomic E-state index is 0.0181. The van der Waals surface area contributed by atoms with E-state index in [2.05, 4.69) is 4.90 Å². The maximum absolute atomic E-state index is 11.6. The molecule has 2 unspecified atom stereocenters. The average molecular weight is 251 g/mol. The molecule has 0 bridgehead atoms. The van der Waals surface area contributed by atoms with E-state index in [-0.39, 0.29) is 11.7 Å². The van der Waals surface area contributed by atoms with Gasteiger partial charge in [-0.2, -0.15) is 0 Å². The monoisotopic (exact) mass is 251 g/mol. The molecule has 0 aromatic carbocycles. The van der Waals surface area contributed by atoms with Crippen LogP contribution in [-0.4, -0.2) is 40.3 Å². The molecular weight excluding hydrogens is 230 g/mol. The first-order valence-electron chi connectivity index (χ1n) is 6.42. The van der Waals surface area contributed by atoms with Crippen molar-refractivity contribution in [2.75, 3.05) is 25.4 Å². The van der Waals surface area contributed by atoms with E-state index in [0.29, 0.717) is 18.2 Å². The number of pyridine rings is 1. The minimum atomic E-state index is -0.245. The summed E-state index contributed by atoms with van der Waals surface area (Å²) in [4.78, 5) is 13.9. The van der Waals surface area contributed by atoms with Gasteiger partial charge in [0.05, 0.1) is 6.10 Å². The van der Waals surface area contributed by atoms with Gasteiger partial charge in [0.2, 0.25) is 0 Å². The van der Waals surface area contributed by atoms with E-state index >= 15 is 0 Å². The predicted molar refractivity (Wildman–Crippen MR) is 71.3 cm³/mol. The summed E-state index contributed by atoms with van der Waals surface area (Å²) >= 11 is 0. The van der Waals surface area contributed by atoms with Gasteiger partial charge in [-0.15, -0.1) is 0 Å². The second kappa shape index (κ2) is 5.54. The fourth-order valence-electron chi connectivity index (χ4n) is 2.43. The third kappa shape index (κ3) is 3.11. The lowest BCUT2D eigenvalue weighted by molar-refractivity contribution is 0.127. The van der Waals surface area contributed by atoms with Crippen LogP contribution in [0.2, 0.25) is 0 Å². The molecule has 100 valence electrons. The van der Waals surface area contributed by atoms with Crippen molar-refractivity contribution in [2.45, 2.75) is 26.0 Å². The number of hydrogen-bond acceptors (Lipinski definition) is 4.